The summed E-state index contributed by atoms with van der Waals surface area (Å²) in [5.74, 6) is -0.0336. The van der Waals surface area contributed by atoms with Crippen LogP contribution in [0.15, 0.2) is 72.8 Å². The fourth-order valence-corrected chi connectivity index (χ4v) is 3.76. The van der Waals surface area contributed by atoms with Gasteiger partial charge in [0, 0.05) is 12.1 Å². The van der Waals surface area contributed by atoms with Crippen molar-refractivity contribution in [2.45, 2.75) is 31.8 Å². The van der Waals surface area contributed by atoms with Gasteiger partial charge in [-0.1, -0.05) is 66.7 Å². The van der Waals surface area contributed by atoms with Crippen molar-refractivity contribution in [3.63, 3.8) is 0 Å². The molecule has 0 heterocycles. The van der Waals surface area contributed by atoms with Gasteiger partial charge in [-0.25, -0.2) is 0 Å². The quantitative estimate of drug-likeness (QED) is 0.728. The molecule has 2 N–H and O–H groups in total. The lowest BCUT2D eigenvalue weighted by Gasteiger charge is -2.23. The van der Waals surface area contributed by atoms with E-state index in [-0.39, 0.29) is 12.0 Å². The summed E-state index contributed by atoms with van der Waals surface area (Å²) in [5, 5.41) is 13.0. The van der Waals surface area contributed by atoms with Crippen LogP contribution in [-0.4, -0.2) is 17.1 Å². The summed E-state index contributed by atoms with van der Waals surface area (Å²) in [4.78, 5) is 12.6. The normalized spacial score (nSPS) is 15.8. The number of fused-ring (bicyclic) bond motifs is 1. The van der Waals surface area contributed by atoms with Crippen LogP contribution in [0.2, 0.25) is 0 Å². The summed E-state index contributed by atoms with van der Waals surface area (Å²) in [6.07, 6.45) is 2.26. The Hall–Kier alpha value is -2.91. The molecule has 4 rings (SSSR count). The lowest BCUT2D eigenvalue weighted by atomic mass is 9.88. The zero-order valence-corrected chi connectivity index (χ0v) is 15.2. The number of anilines is 1. The molecule has 0 spiro atoms. The van der Waals surface area contributed by atoms with Crippen LogP contribution in [0.1, 0.15) is 23.1 Å². The van der Waals surface area contributed by atoms with Gasteiger partial charge in [0.05, 0.1) is 12.5 Å². The second-order valence-corrected chi connectivity index (χ2v) is 7.13. The minimum atomic E-state index is -0.321. The number of aryl methyl sites for hydroxylation is 1. The third kappa shape index (κ3) is 4.09. The fourth-order valence-electron chi connectivity index (χ4n) is 3.76. The molecule has 0 bridgehead atoms. The van der Waals surface area contributed by atoms with Gasteiger partial charge < -0.3 is 10.4 Å². The third-order valence-electron chi connectivity index (χ3n) is 5.13. The lowest BCUT2D eigenvalue weighted by Crippen LogP contribution is -2.22. The van der Waals surface area contributed by atoms with Crippen LogP contribution in [0.25, 0.3) is 11.1 Å². The molecular formula is C24H23NO2. The highest BCUT2D eigenvalue weighted by Gasteiger charge is 2.20. The maximum atomic E-state index is 12.6. The van der Waals surface area contributed by atoms with Crippen molar-refractivity contribution in [1.82, 2.24) is 0 Å². The van der Waals surface area contributed by atoms with E-state index in [1.807, 2.05) is 42.5 Å². The Labute approximate surface area is 159 Å². The molecular weight excluding hydrogens is 334 g/mol. The van der Waals surface area contributed by atoms with Crippen molar-refractivity contribution in [2.75, 3.05) is 5.32 Å². The molecule has 1 aliphatic rings. The number of aliphatic hydroxyl groups excluding tert-OH is 1. The zero-order chi connectivity index (χ0) is 18.6. The number of rotatable bonds is 4. The number of hydrogen-bond acceptors (Lipinski definition) is 2. The Bertz CT molecular complexity index is 950. The number of hydrogen-bond donors (Lipinski definition) is 2. The Morgan fingerprint density at radius 3 is 2.59 bits per heavy atom. The van der Waals surface area contributed by atoms with Gasteiger partial charge in [-0.3, -0.25) is 4.79 Å². The van der Waals surface area contributed by atoms with E-state index >= 15 is 0 Å². The maximum Gasteiger partial charge on any atom is 0.228 e. The molecule has 27 heavy (non-hydrogen) atoms. The highest BCUT2D eigenvalue weighted by Crippen LogP contribution is 2.28. The molecule has 136 valence electrons. The van der Waals surface area contributed by atoms with Crippen molar-refractivity contribution in [1.29, 1.82) is 0 Å². The summed E-state index contributed by atoms with van der Waals surface area (Å²) in [6.45, 7) is 0. The summed E-state index contributed by atoms with van der Waals surface area (Å²) in [6, 6.07) is 24.3. The molecule has 1 amide bonds. The van der Waals surface area contributed by atoms with Gasteiger partial charge in [-0.05, 0) is 46.7 Å². The van der Waals surface area contributed by atoms with Gasteiger partial charge in [0.2, 0.25) is 5.91 Å². The Kier molecular flexibility index (Phi) is 5.03. The molecule has 3 aromatic rings. The van der Waals surface area contributed by atoms with Crippen molar-refractivity contribution in [2.24, 2.45) is 0 Å². The van der Waals surface area contributed by atoms with E-state index in [9.17, 15) is 9.90 Å². The van der Waals surface area contributed by atoms with E-state index in [1.165, 1.54) is 5.56 Å². The lowest BCUT2D eigenvalue weighted by molar-refractivity contribution is -0.115. The van der Waals surface area contributed by atoms with Crippen molar-refractivity contribution < 1.29 is 9.90 Å². The first kappa shape index (κ1) is 17.5. The molecule has 3 aromatic carbocycles. The Morgan fingerprint density at radius 1 is 0.963 bits per heavy atom. The third-order valence-corrected chi connectivity index (χ3v) is 5.13. The van der Waals surface area contributed by atoms with E-state index in [2.05, 4.69) is 35.6 Å². The Balaban J connectivity index is 1.50. The van der Waals surface area contributed by atoms with Gasteiger partial charge in [0.1, 0.15) is 0 Å². The first-order valence-electron chi connectivity index (χ1n) is 9.42. The Morgan fingerprint density at radius 2 is 1.74 bits per heavy atom. The average molecular weight is 357 g/mol. The predicted molar refractivity (Wildman–Crippen MR) is 109 cm³/mol. The molecule has 0 aromatic heterocycles. The van der Waals surface area contributed by atoms with Crippen LogP contribution in [0.5, 0.6) is 0 Å². The van der Waals surface area contributed by atoms with Crippen molar-refractivity contribution >= 4 is 11.6 Å². The summed E-state index contributed by atoms with van der Waals surface area (Å²) in [7, 11) is 0. The smallest absolute Gasteiger partial charge is 0.228 e. The molecule has 1 unspecified atom stereocenters. The van der Waals surface area contributed by atoms with Gasteiger partial charge in [-0.2, -0.15) is 0 Å². The fraction of sp³-hybridized carbons (Fsp3) is 0.208. The number of aliphatic hydroxyl groups is 1. The minimum absolute atomic E-state index is 0.0336. The molecule has 1 atom stereocenters. The molecule has 3 nitrogen and oxygen atoms in total. The van der Waals surface area contributed by atoms with E-state index in [0.29, 0.717) is 12.8 Å². The van der Waals surface area contributed by atoms with E-state index in [0.717, 1.165) is 40.8 Å². The van der Waals surface area contributed by atoms with Gasteiger partial charge in [0.25, 0.3) is 0 Å². The monoisotopic (exact) mass is 357 g/mol. The zero-order valence-electron chi connectivity index (χ0n) is 15.2. The van der Waals surface area contributed by atoms with E-state index in [4.69, 9.17) is 0 Å². The SMILES string of the molecule is O=C(Cc1cccc(-c2ccccc2)c1)Nc1cccc2c1CC(O)CC2. The van der Waals surface area contributed by atoms with E-state index < -0.39 is 0 Å². The highest BCUT2D eigenvalue weighted by molar-refractivity contribution is 5.93. The number of carbonyl (C=O) groups excluding carboxylic acids is 1. The predicted octanol–water partition coefficient (Wildman–Crippen LogP) is 4.38. The molecule has 0 saturated carbocycles. The minimum Gasteiger partial charge on any atom is -0.393 e. The molecule has 0 fully saturated rings. The van der Waals surface area contributed by atoms with Crippen LogP contribution >= 0.6 is 0 Å². The van der Waals surface area contributed by atoms with Gasteiger partial charge in [0.15, 0.2) is 0 Å². The topological polar surface area (TPSA) is 49.3 Å². The number of carbonyl (C=O) groups is 1. The first-order chi connectivity index (χ1) is 13.2. The summed E-state index contributed by atoms with van der Waals surface area (Å²) >= 11 is 0. The molecule has 0 aliphatic heterocycles. The van der Waals surface area contributed by atoms with Gasteiger partial charge in [-0.15, -0.1) is 0 Å². The van der Waals surface area contributed by atoms with Gasteiger partial charge >= 0.3 is 0 Å². The van der Waals surface area contributed by atoms with Crippen LogP contribution in [0.4, 0.5) is 5.69 Å². The van der Waals surface area contributed by atoms with Crippen LogP contribution in [0, 0.1) is 0 Å². The second kappa shape index (κ2) is 7.77. The molecule has 0 saturated heterocycles. The second-order valence-electron chi connectivity index (χ2n) is 7.13. The van der Waals surface area contributed by atoms with E-state index in [1.54, 1.807) is 0 Å². The maximum absolute atomic E-state index is 12.6. The summed E-state index contributed by atoms with van der Waals surface area (Å²) < 4.78 is 0. The highest BCUT2D eigenvalue weighted by atomic mass is 16.3. The molecule has 3 heteroatoms. The largest absolute Gasteiger partial charge is 0.393 e. The summed E-state index contributed by atoms with van der Waals surface area (Å²) in [5.41, 5.74) is 6.37. The van der Waals surface area contributed by atoms with Crippen molar-refractivity contribution in [3.8, 4) is 11.1 Å². The molecule has 1 aliphatic carbocycles. The number of benzene rings is 3. The standard InChI is InChI=1S/C24H23NO2/c26-21-13-12-19-9-5-11-23(22(19)16-21)25-24(27)15-17-6-4-10-20(14-17)18-7-2-1-3-8-18/h1-11,14,21,26H,12-13,15-16H2,(H,25,27). The molecule has 0 radical (unpaired) electrons. The number of nitrogens with one attached hydrogen (secondary N) is 1. The average Bonchev–Trinajstić information content (AvgIpc) is 2.69. The van der Waals surface area contributed by atoms with Crippen LogP contribution < -0.4 is 5.32 Å². The van der Waals surface area contributed by atoms with Crippen LogP contribution in [0.3, 0.4) is 0 Å². The van der Waals surface area contributed by atoms with Crippen LogP contribution in [-0.2, 0) is 24.1 Å². The number of amides is 1. The first-order valence-corrected chi connectivity index (χ1v) is 9.42. The van der Waals surface area contributed by atoms with Crippen molar-refractivity contribution in [3.05, 3.63) is 89.5 Å².